The lowest BCUT2D eigenvalue weighted by Gasteiger charge is -2.07. The summed E-state index contributed by atoms with van der Waals surface area (Å²) < 4.78 is 7.76. The van der Waals surface area contributed by atoms with Gasteiger partial charge >= 0.3 is 0 Å². The molecule has 0 spiro atoms. The first-order chi connectivity index (χ1) is 12.6. The van der Waals surface area contributed by atoms with Crippen molar-refractivity contribution in [3.05, 3.63) is 69.2 Å². The zero-order valence-corrected chi connectivity index (χ0v) is 16.1. The number of thiophene rings is 1. The molecule has 1 aromatic carbocycles. The maximum Gasteiger partial charge on any atom is 0.261 e. The van der Waals surface area contributed by atoms with Gasteiger partial charge < -0.3 is 10.1 Å². The summed E-state index contributed by atoms with van der Waals surface area (Å²) in [4.78, 5) is 13.1. The van der Waals surface area contributed by atoms with E-state index in [1.165, 1.54) is 11.3 Å². The second-order valence-electron chi connectivity index (χ2n) is 6.13. The van der Waals surface area contributed by atoms with E-state index in [4.69, 9.17) is 4.74 Å². The van der Waals surface area contributed by atoms with Crippen LogP contribution in [-0.4, -0.2) is 15.7 Å². The van der Waals surface area contributed by atoms with E-state index in [-0.39, 0.29) is 5.91 Å². The van der Waals surface area contributed by atoms with Crippen molar-refractivity contribution in [2.45, 2.75) is 40.5 Å². The predicted octanol–water partition coefficient (Wildman–Crippen LogP) is 4.09. The van der Waals surface area contributed by atoms with Crippen LogP contribution in [0.2, 0.25) is 0 Å². The summed E-state index contributed by atoms with van der Waals surface area (Å²) in [5, 5.41) is 9.23. The Hall–Kier alpha value is -2.60. The van der Waals surface area contributed by atoms with Gasteiger partial charge in [-0.2, -0.15) is 5.10 Å². The molecule has 26 heavy (non-hydrogen) atoms. The average Bonchev–Trinajstić information content (AvgIpc) is 3.26. The first kappa shape index (κ1) is 18.2. The van der Waals surface area contributed by atoms with Crippen LogP contribution in [0.25, 0.3) is 0 Å². The van der Waals surface area contributed by atoms with Gasteiger partial charge in [0.2, 0.25) is 0 Å². The molecule has 0 saturated heterocycles. The Kier molecular flexibility index (Phi) is 5.73. The van der Waals surface area contributed by atoms with Crippen molar-refractivity contribution in [2.24, 2.45) is 0 Å². The Bertz CT molecular complexity index is 898. The van der Waals surface area contributed by atoms with E-state index in [0.717, 1.165) is 34.7 Å². The summed E-state index contributed by atoms with van der Waals surface area (Å²) in [6, 6.07) is 9.80. The summed E-state index contributed by atoms with van der Waals surface area (Å²) in [6.45, 7) is 7.85. The Morgan fingerprint density at radius 1 is 1.31 bits per heavy atom. The number of aromatic nitrogens is 2. The highest BCUT2D eigenvalue weighted by molar-refractivity contribution is 7.12. The molecule has 6 heteroatoms. The highest BCUT2D eigenvalue weighted by Gasteiger charge is 2.12. The lowest BCUT2D eigenvalue weighted by molar-refractivity contribution is 0.0955. The van der Waals surface area contributed by atoms with Crippen molar-refractivity contribution >= 4 is 17.2 Å². The van der Waals surface area contributed by atoms with E-state index in [1.807, 2.05) is 60.4 Å². The Morgan fingerprint density at radius 2 is 2.12 bits per heavy atom. The first-order valence-electron chi connectivity index (χ1n) is 8.63. The highest BCUT2D eigenvalue weighted by Crippen LogP contribution is 2.20. The molecule has 0 aliphatic carbocycles. The van der Waals surface area contributed by atoms with Crippen molar-refractivity contribution in [2.75, 3.05) is 0 Å². The number of hydrogen-bond acceptors (Lipinski definition) is 4. The maximum atomic E-state index is 12.4. The van der Waals surface area contributed by atoms with Gasteiger partial charge in [-0.25, -0.2) is 0 Å². The fraction of sp³-hybridized carbons (Fsp3) is 0.300. The molecule has 0 saturated carbocycles. The third kappa shape index (κ3) is 4.14. The van der Waals surface area contributed by atoms with Gasteiger partial charge in [0.05, 0.1) is 11.1 Å². The van der Waals surface area contributed by atoms with E-state index in [2.05, 4.69) is 17.3 Å². The second-order valence-corrected chi connectivity index (χ2v) is 7.04. The van der Waals surface area contributed by atoms with Crippen LogP contribution in [0.15, 0.2) is 41.9 Å². The van der Waals surface area contributed by atoms with Gasteiger partial charge in [-0.05, 0) is 43.8 Å². The summed E-state index contributed by atoms with van der Waals surface area (Å²) in [5.74, 6) is 0.800. The Labute approximate surface area is 157 Å². The predicted molar refractivity (Wildman–Crippen MR) is 104 cm³/mol. The zero-order chi connectivity index (χ0) is 18.5. The molecule has 1 amide bonds. The normalized spacial score (nSPS) is 10.7. The van der Waals surface area contributed by atoms with Gasteiger partial charge in [-0.15, -0.1) is 11.3 Å². The quantitative estimate of drug-likeness (QED) is 0.682. The average molecular weight is 369 g/mol. The van der Waals surface area contributed by atoms with Crippen molar-refractivity contribution in [1.82, 2.24) is 15.1 Å². The topological polar surface area (TPSA) is 56.2 Å². The molecule has 2 heterocycles. The SMILES string of the molecule is CCn1ncc(CNC(=O)c2cc(COc3ccccc3C)cs2)c1C. The van der Waals surface area contributed by atoms with Gasteiger partial charge in [0, 0.05) is 29.9 Å². The number of nitrogens with one attached hydrogen (secondary N) is 1. The van der Waals surface area contributed by atoms with Crippen LogP contribution in [-0.2, 0) is 19.7 Å². The molecule has 0 fully saturated rings. The summed E-state index contributed by atoms with van der Waals surface area (Å²) in [6.07, 6.45) is 1.81. The van der Waals surface area contributed by atoms with E-state index in [1.54, 1.807) is 0 Å². The smallest absolute Gasteiger partial charge is 0.261 e. The standard InChI is InChI=1S/C20H23N3O2S/c1-4-23-15(3)17(11-22-23)10-21-20(24)19-9-16(13-26-19)12-25-18-8-6-5-7-14(18)2/h5-9,11,13H,4,10,12H2,1-3H3,(H,21,24). The van der Waals surface area contributed by atoms with E-state index in [9.17, 15) is 4.79 Å². The van der Waals surface area contributed by atoms with E-state index in [0.29, 0.717) is 18.0 Å². The molecule has 5 nitrogen and oxygen atoms in total. The highest BCUT2D eigenvalue weighted by atomic mass is 32.1. The van der Waals surface area contributed by atoms with E-state index < -0.39 is 0 Å². The van der Waals surface area contributed by atoms with Crippen LogP contribution in [0.4, 0.5) is 0 Å². The van der Waals surface area contributed by atoms with Gasteiger partial charge in [0.15, 0.2) is 0 Å². The number of hydrogen-bond donors (Lipinski definition) is 1. The Morgan fingerprint density at radius 3 is 2.85 bits per heavy atom. The number of carbonyl (C=O) groups is 1. The van der Waals surface area contributed by atoms with Crippen LogP contribution >= 0.6 is 11.3 Å². The summed E-state index contributed by atoms with van der Waals surface area (Å²) in [5.41, 5.74) is 4.23. The van der Waals surface area contributed by atoms with Crippen molar-refractivity contribution in [1.29, 1.82) is 0 Å². The van der Waals surface area contributed by atoms with E-state index >= 15 is 0 Å². The minimum atomic E-state index is -0.0687. The number of para-hydroxylation sites is 1. The van der Waals surface area contributed by atoms with Crippen LogP contribution < -0.4 is 10.1 Å². The minimum Gasteiger partial charge on any atom is -0.489 e. The fourth-order valence-electron chi connectivity index (χ4n) is 2.69. The molecule has 136 valence electrons. The van der Waals surface area contributed by atoms with Crippen LogP contribution in [0.3, 0.4) is 0 Å². The number of amides is 1. The van der Waals surface area contributed by atoms with Crippen molar-refractivity contribution in [3.63, 3.8) is 0 Å². The summed E-state index contributed by atoms with van der Waals surface area (Å²) >= 11 is 1.43. The largest absolute Gasteiger partial charge is 0.489 e. The number of benzene rings is 1. The zero-order valence-electron chi connectivity index (χ0n) is 15.3. The molecule has 0 bridgehead atoms. The number of nitrogens with zero attached hydrogens (tertiary/aromatic N) is 2. The molecule has 0 aliphatic rings. The number of carbonyl (C=O) groups excluding carboxylic acids is 1. The Balaban J connectivity index is 1.56. The van der Waals surface area contributed by atoms with Gasteiger partial charge in [0.1, 0.15) is 12.4 Å². The number of rotatable bonds is 7. The molecule has 2 aromatic heterocycles. The lowest BCUT2D eigenvalue weighted by Crippen LogP contribution is -2.22. The number of aryl methyl sites for hydroxylation is 2. The third-order valence-corrected chi connectivity index (χ3v) is 5.29. The van der Waals surface area contributed by atoms with Gasteiger partial charge in [-0.1, -0.05) is 18.2 Å². The number of ether oxygens (including phenoxy) is 1. The van der Waals surface area contributed by atoms with Crippen LogP contribution in [0, 0.1) is 13.8 Å². The molecule has 0 unspecified atom stereocenters. The molecule has 3 rings (SSSR count). The van der Waals surface area contributed by atoms with Crippen LogP contribution in [0.1, 0.15) is 39.0 Å². The van der Waals surface area contributed by atoms with Crippen molar-refractivity contribution in [3.8, 4) is 5.75 Å². The first-order valence-corrected chi connectivity index (χ1v) is 9.51. The molecule has 0 atom stereocenters. The molecule has 0 aliphatic heterocycles. The minimum absolute atomic E-state index is 0.0687. The van der Waals surface area contributed by atoms with Gasteiger partial charge in [0.25, 0.3) is 5.91 Å². The van der Waals surface area contributed by atoms with Crippen molar-refractivity contribution < 1.29 is 9.53 Å². The third-order valence-electron chi connectivity index (χ3n) is 4.31. The van der Waals surface area contributed by atoms with Crippen LogP contribution in [0.5, 0.6) is 5.75 Å². The maximum absolute atomic E-state index is 12.4. The summed E-state index contributed by atoms with van der Waals surface area (Å²) in [7, 11) is 0. The molecular formula is C20H23N3O2S. The van der Waals surface area contributed by atoms with Gasteiger partial charge in [-0.3, -0.25) is 9.48 Å². The second kappa shape index (κ2) is 8.19. The monoisotopic (exact) mass is 369 g/mol. The molecular weight excluding hydrogens is 346 g/mol. The molecule has 1 N–H and O–H groups in total. The molecule has 0 radical (unpaired) electrons. The molecule has 3 aromatic rings. The fourth-order valence-corrected chi connectivity index (χ4v) is 3.50. The lowest BCUT2D eigenvalue weighted by atomic mass is 10.2.